The highest BCUT2D eigenvalue weighted by Gasteiger charge is 2.23. The van der Waals surface area contributed by atoms with Crippen LogP contribution in [0.1, 0.15) is 31.1 Å². The Morgan fingerprint density at radius 2 is 2.00 bits per heavy atom. The summed E-state index contributed by atoms with van der Waals surface area (Å²) in [4.78, 5) is 23.9. The lowest BCUT2D eigenvalue weighted by Gasteiger charge is -2.25. The van der Waals surface area contributed by atoms with Crippen molar-refractivity contribution in [2.24, 2.45) is 5.41 Å². The number of para-hydroxylation sites is 1. The molecule has 112 valence electrons. The molecule has 1 unspecified atom stereocenters. The Morgan fingerprint density at radius 1 is 1.33 bits per heavy atom. The second-order valence-electron chi connectivity index (χ2n) is 6.08. The summed E-state index contributed by atoms with van der Waals surface area (Å²) in [6.45, 7) is 5.69. The number of aliphatic hydroxyl groups is 1. The zero-order chi connectivity index (χ0) is 15.6. The van der Waals surface area contributed by atoms with Gasteiger partial charge in [0.1, 0.15) is 11.1 Å². The second kappa shape index (κ2) is 5.69. The number of hydrogen-bond acceptors (Lipinski definition) is 4. The van der Waals surface area contributed by atoms with E-state index in [-0.39, 0.29) is 17.5 Å². The molecule has 0 saturated carbocycles. The van der Waals surface area contributed by atoms with Gasteiger partial charge in [0.2, 0.25) is 0 Å². The maximum Gasteiger partial charge on any atom is 0.349 e. The quantitative estimate of drug-likeness (QED) is 0.846. The zero-order valence-electron chi connectivity index (χ0n) is 12.3. The van der Waals surface area contributed by atoms with E-state index in [0.29, 0.717) is 11.0 Å². The third-order valence-electron chi connectivity index (χ3n) is 3.34. The second-order valence-corrected chi connectivity index (χ2v) is 6.08. The van der Waals surface area contributed by atoms with Crippen LogP contribution in [0, 0.1) is 5.41 Å². The van der Waals surface area contributed by atoms with E-state index in [0.717, 1.165) is 0 Å². The van der Waals surface area contributed by atoms with Crippen molar-refractivity contribution in [3.05, 3.63) is 46.3 Å². The van der Waals surface area contributed by atoms with Crippen molar-refractivity contribution >= 4 is 16.9 Å². The monoisotopic (exact) mass is 289 g/mol. The number of hydrogen-bond donors (Lipinski definition) is 2. The highest BCUT2D eigenvalue weighted by Crippen LogP contribution is 2.18. The van der Waals surface area contributed by atoms with Crippen LogP contribution < -0.4 is 10.9 Å². The van der Waals surface area contributed by atoms with E-state index in [9.17, 15) is 14.7 Å². The number of carbonyl (C=O) groups is 1. The van der Waals surface area contributed by atoms with Crippen LogP contribution in [-0.4, -0.2) is 23.7 Å². The van der Waals surface area contributed by atoms with Gasteiger partial charge in [-0.3, -0.25) is 4.79 Å². The van der Waals surface area contributed by atoms with Crippen molar-refractivity contribution in [1.29, 1.82) is 0 Å². The first-order valence-corrected chi connectivity index (χ1v) is 6.78. The first-order chi connectivity index (χ1) is 9.79. The van der Waals surface area contributed by atoms with Gasteiger partial charge in [0.25, 0.3) is 5.91 Å². The Bertz CT molecular complexity index is 712. The van der Waals surface area contributed by atoms with Gasteiger partial charge in [0.05, 0.1) is 6.10 Å². The predicted octanol–water partition coefficient (Wildman–Crippen LogP) is 1.93. The molecule has 2 rings (SSSR count). The van der Waals surface area contributed by atoms with E-state index < -0.39 is 17.6 Å². The number of aliphatic hydroxyl groups excluding tert-OH is 1. The predicted molar refractivity (Wildman–Crippen MR) is 80.3 cm³/mol. The van der Waals surface area contributed by atoms with Gasteiger partial charge in [0, 0.05) is 11.9 Å². The van der Waals surface area contributed by atoms with Crippen molar-refractivity contribution in [1.82, 2.24) is 5.32 Å². The normalized spacial score (nSPS) is 13.1. The summed E-state index contributed by atoms with van der Waals surface area (Å²) >= 11 is 0. The van der Waals surface area contributed by atoms with Crippen LogP contribution in [0.15, 0.2) is 39.5 Å². The molecule has 21 heavy (non-hydrogen) atoms. The lowest BCUT2D eigenvalue weighted by atomic mass is 9.89. The fourth-order valence-corrected chi connectivity index (χ4v) is 1.81. The molecule has 5 nitrogen and oxygen atoms in total. The Morgan fingerprint density at radius 3 is 2.67 bits per heavy atom. The van der Waals surface area contributed by atoms with E-state index in [1.807, 2.05) is 20.8 Å². The molecule has 0 aliphatic rings. The molecule has 2 N–H and O–H groups in total. The Balaban J connectivity index is 2.20. The van der Waals surface area contributed by atoms with Crippen LogP contribution in [0.25, 0.3) is 11.0 Å². The van der Waals surface area contributed by atoms with Gasteiger partial charge in [-0.25, -0.2) is 4.79 Å². The van der Waals surface area contributed by atoms with Crippen LogP contribution in [0.4, 0.5) is 0 Å². The summed E-state index contributed by atoms with van der Waals surface area (Å²) in [5.41, 5.74) is -0.651. The van der Waals surface area contributed by atoms with Gasteiger partial charge in [-0.1, -0.05) is 39.0 Å². The molecular formula is C16H19NO4. The van der Waals surface area contributed by atoms with Crippen LogP contribution in [-0.2, 0) is 0 Å². The summed E-state index contributed by atoms with van der Waals surface area (Å²) in [5, 5.41) is 13.1. The molecule has 1 aromatic heterocycles. The third-order valence-corrected chi connectivity index (χ3v) is 3.34. The molecule has 5 heteroatoms. The summed E-state index contributed by atoms with van der Waals surface area (Å²) in [7, 11) is 0. The average Bonchev–Trinajstić information content (AvgIpc) is 2.42. The number of carbonyl (C=O) groups excluding carboxylic acids is 1. The minimum absolute atomic E-state index is 0.0604. The summed E-state index contributed by atoms with van der Waals surface area (Å²) in [6, 6.07) is 8.48. The fraction of sp³-hybridized carbons (Fsp3) is 0.375. The molecule has 0 saturated heterocycles. The molecule has 0 bridgehead atoms. The van der Waals surface area contributed by atoms with Gasteiger partial charge in [-0.15, -0.1) is 0 Å². The van der Waals surface area contributed by atoms with Crippen LogP contribution >= 0.6 is 0 Å². The van der Waals surface area contributed by atoms with E-state index in [1.54, 1.807) is 24.3 Å². The lowest BCUT2D eigenvalue weighted by molar-refractivity contribution is 0.0586. The standard InChI is InChI=1S/C16H19NO4/c1-16(2,3)13(18)9-17-14(19)11-8-10-6-4-5-7-12(10)21-15(11)20/h4-8,13,18H,9H2,1-3H3,(H,17,19). The SMILES string of the molecule is CC(C)(C)C(O)CNC(=O)c1cc2ccccc2oc1=O. The van der Waals surface area contributed by atoms with Crippen molar-refractivity contribution in [3.63, 3.8) is 0 Å². The molecule has 1 heterocycles. The Hall–Kier alpha value is -2.14. The van der Waals surface area contributed by atoms with Gasteiger partial charge in [0.15, 0.2) is 0 Å². The largest absolute Gasteiger partial charge is 0.422 e. The maximum atomic E-state index is 12.1. The number of amides is 1. The Kier molecular flexibility index (Phi) is 4.14. The minimum Gasteiger partial charge on any atom is -0.422 e. The van der Waals surface area contributed by atoms with E-state index in [2.05, 4.69) is 5.32 Å². The number of rotatable bonds is 3. The highest BCUT2D eigenvalue weighted by molar-refractivity contribution is 5.96. The first kappa shape index (κ1) is 15.3. The molecule has 0 radical (unpaired) electrons. The highest BCUT2D eigenvalue weighted by atomic mass is 16.4. The van der Waals surface area contributed by atoms with E-state index in [4.69, 9.17) is 4.42 Å². The smallest absolute Gasteiger partial charge is 0.349 e. The average molecular weight is 289 g/mol. The molecule has 0 aliphatic heterocycles. The van der Waals surface area contributed by atoms with Crippen molar-refractivity contribution in [2.45, 2.75) is 26.9 Å². The molecule has 1 aromatic carbocycles. The molecule has 0 spiro atoms. The Labute approximate surface area is 122 Å². The van der Waals surface area contributed by atoms with Gasteiger partial charge < -0.3 is 14.8 Å². The molecule has 2 aromatic rings. The van der Waals surface area contributed by atoms with Crippen molar-refractivity contribution < 1.29 is 14.3 Å². The fourth-order valence-electron chi connectivity index (χ4n) is 1.81. The van der Waals surface area contributed by atoms with Crippen molar-refractivity contribution in [2.75, 3.05) is 6.54 Å². The minimum atomic E-state index is -0.700. The molecule has 0 aliphatic carbocycles. The van der Waals surface area contributed by atoms with Gasteiger partial charge in [-0.05, 0) is 17.5 Å². The zero-order valence-corrected chi connectivity index (χ0v) is 12.3. The number of benzene rings is 1. The summed E-state index contributed by atoms with van der Waals surface area (Å²) in [6.07, 6.45) is -0.700. The summed E-state index contributed by atoms with van der Waals surface area (Å²) in [5.74, 6) is -0.544. The van der Waals surface area contributed by atoms with Crippen molar-refractivity contribution in [3.8, 4) is 0 Å². The van der Waals surface area contributed by atoms with E-state index >= 15 is 0 Å². The van der Waals surface area contributed by atoms with Crippen LogP contribution in [0.5, 0.6) is 0 Å². The number of fused-ring (bicyclic) bond motifs is 1. The maximum absolute atomic E-state index is 12.1. The van der Waals surface area contributed by atoms with Gasteiger partial charge in [-0.2, -0.15) is 0 Å². The summed E-state index contributed by atoms with van der Waals surface area (Å²) < 4.78 is 5.11. The van der Waals surface area contributed by atoms with Gasteiger partial charge >= 0.3 is 5.63 Å². The lowest BCUT2D eigenvalue weighted by Crippen LogP contribution is -2.40. The third kappa shape index (κ3) is 3.49. The van der Waals surface area contributed by atoms with E-state index in [1.165, 1.54) is 6.07 Å². The first-order valence-electron chi connectivity index (χ1n) is 6.78. The molecular weight excluding hydrogens is 270 g/mol. The van der Waals surface area contributed by atoms with Crippen LogP contribution in [0.2, 0.25) is 0 Å². The molecule has 1 atom stereocenters. The van der Waals surface area contributed by atoms with Crippen LogP contribution in [0.3, 0.4) is 0 Å². The topological polar surface area (TPSA) is 79.5 Å². The number of nitrogens with one attached hydrogen (secondary N) is 1. The molecule has 1 amide bonds. The molecule has 0 fully saturated rings.